The van der Waals surface area contributed by atoms with Gasteiger partial charge in [0.15, 0.2) is 0 Å². The Balaban J connectivity index is 2.22. The summed E-state index contributed by atoms with van der Waals surface area (Å²) in [5.41, 5.74) is -0.237. The molecule has 3 N–H and O–H groups in total. The van der Waals surface area contributed by atoms with Crippen LogP contribution < -0.4 is 10.6 Å². The van der Waals surface area contributed by atoms with Gasteiger partial charge in [0.2, 0.25) is 5.91 Å². The quantitative estimate of drug-likeness (QED) is 0.618. The first-order chi connectivity index (χ1) is 9.28. The van der Waals surface area contributed by atoms with Gasteiger partial charge in [-0.1, -0.05) is 0 Å². The van der Waals surface area contributed by atoms with E-state index < -0.39 is 6.10 Å². The molecule has 6 heteroatoms. The molecule has 1 aliphatic heterocycles. The third-order valence-corrected chi connectivity index (χ3v) is 3.12. The third-order valence-electron chi connectivity index (χ3n) is 3.12. The van der Waals surface area contributed by atoms with Gasteiger partial charge in [-0.3, -0.25) is 9.69 Å². The predicted octanol–water partition coefficient (Wildman–Crippen LogP) is -0.428. The van der Waals surface area contributed by atoms with Crippen molar-refractivity contribution in [3.8, 4) is 0 Å². The third kappa shape index (κ3) is 7.19. The van der Waals surface area contributed by atoms with Crippen LogP contribution in [0.25, 0.3) is 0 Å². The number of aliphatic hydroxyl groups excluding tert-OH is 1. The molecule has 1 rings (SSSR count). The molecule has 1 aliphatic rings. The molecule has 0 radical (unpaired) electrons. The van der Waals surface area contributed by atoms with Gasteiger partial charge in [-0.2, -0.15) is 0 Å². The number of ether oxygens (including phenoxy) is 1. The highest BCUT2D eigenvalue weighted by Gasteiger charge is 2.20. The second kappa shape index (κ2) is 7.93. The van der Waals surface area contributed by atoms with Crippen LogP contribution in [0.4, 0.5) is 0 Å². The minimum absolute atomic E-state index is 0.0453. The number of hydrogen-bond donors (Lipinski definition) is 3. The Morgan fingerprint density at radius 3 is 2.50 bits per heavy atom. The molecule has 0 saturated carbocycles. The van der Waals surface area contributed by atoms with Crippen LogP contribution in [0.5, 0.6) is 0 Å². The van der Waals surface area contributed by atoms with Crippen LogP contribution >= 0.6 is 0 Å². The zero-order valence-electron chi connectivity index (χ0n) is 13.1. The van der Waals surface area contributed by atoms with E-state index in [1.807, 2.05) is 27.7 Å². The number of carbonyl (C=O) groups is 1. The molecule has 0 spiro atoms. The van der Waals surface area contributed by atoms with Crippen molar-refractivity contribution in [1.82, 2.24) is 15.5 Å². The molecule has 0 bridgehead atoms. The van der Waals surface area contributed by atoms with Gasteiger partial charge in [-0.15, -0.1) is 0 Å². The molecular weight excluding hydrogens is 258 g/mol. The van der Waals surface area contributed by atoms with E-state index in [0.717, 1.165) is 26.3 Å². The molecule has 1 heterocycles. The summed E-state index contributed by atoms with van der Waals surface area (Å²) in [5.74, 6) is -0.0453. The molecule has 2 atom stereocenters. The second-order valence-corrected chi connectivity index (χ2v) is 6.44. The van der Waals surface area contributed by atoms with Crippen molar-refractivity contribution in [2.75, 3.05) is 39.4 Å². The van der Waals surface area contributed by atoms with E-state index in [4.69, 9.17) is 4.74 Å². The van der Waals surface area contributed by atoms with Gasteiger partial charge in [0.05, 0.1) is 25.4 Å². The highest BCUT2D eigenvalue weighted by molar-refractivity contribution is 5.81. The van der Waals surface area contributed by atoms with Gasteiger partial charge in [0.1, 0.15) is 0 Å². The Morgan fingerprint density at radius 2 is 1.95 bits per heavy atom. The Labute approximate surface area is 121 Å². The van der Waals surface area contributed by atoms with Crippen molar-refractivity contribution in [2.24, 2.45) is 0 Å². The standard InChI is InChI=1S/C14H29N3O3/c1-11(13(19)16-14(2,3)4)15-9-12(18)10-17-5-7-20-8-6-17/h11-12,15,18H,5-10H2,1-4H3,(H,16,19). The highest BCUT2D eigenvalue weighted by Crippen LogP contribution is 2.00. The zero-order valence-corrected chi connectivity index (χ0v) is 13.1. The number of amides is 1. The molecule has 1 amide bonds. The van der Waals surface area contributed by atoms with Gasteiger partial charge < -0.3 is 20.5 Å². The van der Waals surface area contributed by atoms with Crippen molar-refractivity contribution in [3.05, 3.63) is 0 Å². The molecule has 1 fully saturated rings. The summed E-state index contributed by atoms with van der Waals surface area (Å²) in [7, 11) is 0. The Hall–Kier alpha value is -0.690. The molecule has 6 nitrogen and oxygen atoms in total. The topological polar surface area (TPSA) is 73.8 Å². The maximum Gasteiger partial charge on any atom is 0.237 e. The van der Waals surface area contributed by atoms with Crippen LogP contribution in [0, 0.1) is 0 Å². The van der Waals surface area contributed by atoms with Crippen molar-refractivity contribution >= 4 is 5.91 Å². The van der Waals surface area contributed by atoms with E-state index in [2.05, 4.69) is 15.5 Å². The summed E-state index contributed by atoms with van der Waals surface area (Å²) >= 11 is 0. The fourth-order valence-electron chi connectivity index (χ4n) is 2.03. The number of nitrogens with one attached hydrogen (secondary N) is 2. The molecule has 0 aromatic carbocycles. The van der Waals surface area contributed by atoms with E-state index in [9.17, 15) is 9.90 Å². The van der Waals surface area contributed by atoms with Gasteiger partial charge in [0, 0.05) is 31.7 Å². The summed E-state index contributed by atoms with van der Waals surface area (Å²) in [6.45, 7) is 11.9. The summed E-state index contributed by atoms with van der Waals surface area (Å²) in [4.78, 5) is 14.1. The molecule has 0 aromatic heterocycles. The van der Waals surface area contributed by atoms with Crippen molar-refractivity contribution in [3.63, 3.8) is 0 Å². The summed E-state index contributed by atoms with van der Waals surface area (Å²) in [6.07, 6.45) is -0.474. The first-order valence-electron chi connectivity index (χ1n) is 7.31. The van der Waals surface area contributed by atoms with Gasteiger partial charge in [0.25, 0.3) is 0 Å². The second-order valence-electron chi connectivity index (χ2n) is 6.44. The number of morpholine rings is 1. The van der Waals surface area contributed by atoms with Crippen LogP contribution in [0.15, 0.2) is 0 Å². The molecule has 2 unspecified atom stereocenters. The lowest BCUT2D eigenvalue weighted by atomic mass is 10.1. The average molecular weight is 287 g/mol. The molecule has 20 heavy (non-hydrogen) atoms. The van der Waals surface area contributed by atoms with Gasteiger partial charge >= 0.3 is 0 Å². The van der Waals surface area contributed by atoms with Crippen molar-refractivity contribution < 1.29 is 14.6 Å². The lowest BCUT2D eigenvalue weighted by molar-refractivity contribution is -0.124. The van der Waals surface area contributed by atoms with E-state index >= 15 is 0 Å². The van der Waals surface area contributed by atoms with Gasteiger partial charge in [-0.25, -0.2) is 0 Å². The summed E-state index contributed by atoms with van der Waals surface area (Å²) in [5, 5.41) is 16.0. The number of nitrogens with zero attached hydrogens (tertiary/aromatic N) is 1. The normalized spacial score (nSPS) is 20.4. The highest BCUT2D eigenvalue weighted by atomic mass is 16.5. The number of hydrogen-bond acceptors (Lipinski definition) is 5. The first kappa shape index (κ1) is 17.4. The fourth-order valence-corrected chi connectivity index (χ4v) is 2.03. The Bertz CT molecular complexity index is 299. The van der Waals surface area contributed by atoms with Gasteiger partial charge in [-0.05, 0) is 27.7 Å². The maximum absolute atomic E-state index is 11.9. The van der Waals surface area contributed by atoms with Crippen LogP contribution in [-0.2, 0) is 9.53 Å². The van der Waals surface area contributed by atoms with Crippen molar-refractivity contribution in [2.45, 2.75) is 45.4 Å². The van der Waals surface area contributed by atoms with E-state index in [1.54, 1.807) is 0 Å². The van der Waals surface area contributed by atoms with Crippen LogP contribution in [0.3, 0.4) is 0 Å². The minimum atomic E-state index is -0.474. The molecule has 0 aliphatic carbocycles. The number of carbonyl (C=O) groups excluding carboxylic acids is 1. The Kier molecular flexibility index (Phi) is 6.88. The molecular formula is C14H29N3O3. The maximum atomic E-state index is 11.9. The first-order valence-corrected chi connectivity index (χ1v) is 7.31. The monoisotopic (exact) mass is 287 g/mol. The number of β-amino-alcohol motifs (C(OH)–C–C–N with tert-alkyl or cyclic N) is 1. The fraction of sp³-hybridized carbons (Fsp3) is 0.929. The largest absolute Gasteiger partial charge is 0.390 e. The van der Waals surface area contributed by atoms with E-state index in [-0.39, 0.29) is 17.5 Å². The van der Waals surface area contributed by atoms with Crippen LogP contribution in [0.2, 0.25) is 0 Å². The van der Waals surface area contributed by atoms with Crippen LogP contribution in [-0.4, -0.2) is 73.0 Å². The number of aliphatic hydroxyl groups is 1. The predicted molar refractivity (Wildman–Crippen MR) is 78.6 cm³/mol. The van der Waals surface area contributed by atoms with Crippen LogP contribution in [0.1, 0.15) is 27.7 Å². The summed E-state index contributed by atoms with van der Waals surface area (Å²) in [6, 6.07) is -0.312. The molecule has 118 valence electrons. The lowest BCUT2D eigenvalue weighted by Crippen LogP contribution is -2.51. The smallest absolute Gasteiger partial charge is 0.237 e. The van der Waals surface area contributed by atoms with E-state index in [1.165, 1.54) is 0 Å². The average Bonchev–Trinajstić information content (AvgIpc) is 2.35. The molecule has 0 aromatic rings. The minimum Gasteiger partial charge on any atom is -0.390 e. The summed E-state index contributed by atoms with van der Waals surface area (Å²) < 4.78 is 5.27. The molecule has 1 saturated heterocycles. The zero-order chi connectivity index (χ0) is 15.2. The SMILES string of the molecule is CC(NCC(O)CN1CCOCC1)C(=O)NC(C)(C)C. The number of rotatable bonds is 6. The van der Waals surface area contributed by atoms with Crippen molar-refractivity contribution in [1.29, 1.82) is 0 Å². The Morgan fingerprint density at radius 1 is 1.35 bits per heavy atom. The van der Waals surface area contributed by atoms with E-state index in [0.29, 0.717) is 13.1 Å². The lowest BCUT2D eigenvalue weighted by Gasteiger charge is -2.29.